The van der Waals surface area contributed by atoms with Gasteiger partial charge in [0.1, 0.15) is 5.75 Å². The Morgan fingerprint density at radius 1 is 1.03 bits per heavy atom. The van der Waals surface area contributed by atoms with Crippen LogP contribution in [0.1, 0.15) is 16.7 Å². The molecule has 1 heterocycles. The highest BCUT2D eigenvalue weighted by Crippen LogP contribution is 2.36. The van der Waals surface area contributed by atoms with E-state index in [4.69, 9.17) is 17.0 Å². The van der Waals surface area contributed by atoms with Gasteiger partial charge in [-0.3, -0.25) is 14.5 Å². The number of nitrogens with zero attached hydrogens (tertiary/aromatic N) is 1. The molecular weight excluding hydrogens is 452 g/mol. The number of nitrogens with one attached hydrogen (secondary N) is 1. The van der Waals surface area contributed by atoms with E-state index < -0.39 is 0 Å². The molecule has 166 valence electrons. The first-order valence-corrected chi connectivity index (χ1v) is 11.6. The molecular formula is C26H22N2O3S2. The standard InChI is InChI=1S/C26H22N2O3S2/c1-17-8-11-20(14-18(17)2)27-24(29)16-31-22-12-9-19(10-13-22)15-23-25(30)28(26(32)33-23)21-6-4-3-5-7-21/h3-15H,16H2,1-2H3,(H,27,29)/b23-15+. The zero-order valence-electron chi connectivity index (χ0n) is 18.2. The Bertz CT molecular complexity index is 1240. The summed E-state index contributed by atoms with van der Waals surface area (Å²) in [6.45, 7) is 3.93. The van der Waals surface area contributed by atoms with Gasteiger partial charge in [-0.1, -0.05) is 60.4 Å². The number of thiocarbonyl (C=S) groups is 1. The van der Waals surface area contributed by atoms with Crippen LogP contribution in [0.3, 0.4) is 0 Å². The largest absolute Gasteiger partial charge is 0.484 e. The van der Waals surface area contributed by atoms with Crippen molar-refractivity contribution in [1.82, 2.24) is 0 Å². The average Bonchev–Trinajstić information content (AvgIpc) is 3.09. The Balaban J connectivity index is 1.36. The molecule has 1 aliphatic rings. The number of hydrogen-bond acceptors (Lipinski definition) is 5. The van der Waals surface area contributed by atoms with E-state index in [2.05, 4.69) is 5.32 Å². The molecule has 2 amide bonds. The van der Waals surface area contributed by atoms with Crippen LogP contribution in [0.15, 0.2) is 77.7 Å². The van der Waals surface area contributed by atoms with Gasteiger partial charge >= 0.3 is 0 Å². The Labute approximate surface area is 202 Å². The highest BCUT2D eigenvalue weighted by molar-refractivity contribution is 8.27. The summed E-state index contributed by atoms with van der Waals surface area (Å²) in [6, 6.07) is 22.4. The Hall–Kier alpha value is -3.42. The SMILES string of the molecule is Cc1ccc(NC(=O)COc2ccc(/C=C3/SC(=S)N(c4ccccc4)C3=O)cc2)cc1C. The summed E-state index contributed by atoms with van der Waals surface area (Å²) >= 11 is 6.68. The molecule has 0 aliphatic carbocycles. The topological polar surface area (TPSA) is 58.6 Å². The predicted molar refractivity (Wildman–Crippen MR) is 139 cm³/mol. The quantitative estimate of drug-likeness (QED) is 0.365. The van der Waals surface area contributed by atoms with Crippen molar-refractivity contribution in [2.75, 3.05) is 16.8 Å². The molecule has 5 nitrogen and oxygen atoms in total. The van der Waals surface area contributed by atoms with Crippen LogP contribution in [0.25, 0.3) is 6.08 Å². The molecule has 0 saturated carbocycles. The van der Waals surface area contributed by atoms with Crippen molar-refractivity contribution in [3.8, 4) is 5.75 Å². The van der Waals surface area contributed by atoms with Gasteiger partial charge in [-0.25, -0.2) is 0 Å². The molecule has 0 aromatic heterocycles. The second-order valence-corrected chi connectivity index (χ2v) is 9.23. The lowest BCUT2D eigenvalue weighted by atomic mass is 10.1. The van der Waals surface area contributed by atoms with E-state index in [1.54, 1.807) is 18.2 Å². The van der Waals surface area contributed by atoms with Crippen LogP contribution in [0.4, 0.5) is 11.4 Å². The number of hydrogen-bond donors (Lipinski definition) is 1. The van der Waals surface area contributed by atoms with E-state index in [9.17, 15) is 9.59 Å². The fourth-order valence-corrected chi connectivity index (χ4v) is 4.54. The minimum Gasteiger partial charge on any atom is -0.484 e. The number of para-hydroxylation sites is 1. The summed E-state index contributed by atoms with van der Waals surface area (Å²) < 4.78 is 6.10. The van der Waals surface area contributed by atoms with E-state index in [0.29, 0.717) is 15.0 Å². The summed E-state index contributed by atoms with van der Waals surface area (Å²) in [6.07, 6.45) is 1.80. The van der Waals surface area contributed by atoms with Crippen LogP contribution >= 0.6 is 24.0 Å². The Morgan fingerprint density at radius 2 is 1.76 bits per heavy atom. The van der Waals surface area contributed by atoms with Gasteiger partial charge in [0.15, 0.2) is 10.9 Å². The first kappa shape index (κ1) is 22.8. The lowest BCUT2D eigenvalue weighted by Gasteiger charge is -2.13. The van der Waals surface area contributed by atoms with Crippen LogP contribution in [0, 0.1) is 13.8 Å². The molecule has 0 spiro atoms. The van der Waals surface area contributed by atoms with Crippen molar-refractivity contribution >= 4 is 57.6 Å². The molecule has 0 unspecified atom stereocenters. The number of anilines is 2. The van der Waals surface area contributed by atoms with Crippen molar-refractivity contribution < 1.29 is 14.3 Å². The molecule has 7 heteroatoms. The molecule has 1 saturated heterocycles. The first-order chi connectivity index (χ1) is 15.9. The Kier molecular flexibility index (Phi) is 6.91. The highest BCUT2D eigenvalue weighted by atomic mass is 32.2. The monoisotopic (exact) mass is 474 g/mol. The maximum atomic E-state index is 12.8. The molecule has 0 atom stereocenters. The fourth-order valence-electron chi connectivity index (χ4n) is 3.24. The van der Waals surface area contributed by atoms with Crippen molar-refractivity contribution in [2.24, 2.45) is 0 Å². The number of ether oxygens (including phenoxy) is 1. The number of carbonyl (C=O) groups excluding carboxylic acids is 2. The van der Waals surface area contributed by atoms with Gasteiger partial charge in [-0.05, 0) is 73.0 Å². The molecule has 1 fully saturated rings. The van der Waals surface area contributed by atoms with Crippen LogP contribution < -0.4 is 15.0 Å². The molecule has 1 N–H and O–H groups in total. The smallest absolute Gasteiger partial charge is 0.270 e. The summed E-state index contributed by atoms with van der Waals surface area (Å²) in [4.78, 5) is 27.1. The lowest BCUT2D eigenvalue weighted by Crippen LogP contribution is -2.27. The van der Waals surface area contributed by atoms with Crippen molar-refractivity contribution in [2.45, 2.75) is 13.8 Å². The maximum Gasteiger partial charge on any atom is 0.270 e. The number of aryl methyl sites for hydroxylation is 2. The zero-order valence-corrected chi connectivity index (χ0v) is 19.8. The minimum atomic E-state index is -0.230. The molecule has 3 aromatic carbocycles. The van der Waals surface area contributed by atoms with Crippen molar-refractivity contribution in [1.29, 1.82) is 0 Å². The summed E-state index contributed by atoms with van der Waals surface area (Å²) in [5.41, 5.74) is 4.63. The molecule has 1 aliphatic heterocycles. The van der Waals surface area contributed by atoms with E-state index in [-0.39, 0.29) is 18.4 Å². The summed E-state index contributed by atoms with van der Waals surface area (Å²) in [5.74, 6) is 0.200. The minimum absolute atomic E-state index is 0.0952. The highest BCUT2D eigenvalue weighted by Gasteiger charge is 2.33. The average molecular weight is 475 g/mol. The first-order valence-electron chi connectivity index (χ1n) is 10.3. The van der Waals surface area contributed by atoms with Gasteiger partial charge < -0.3 is 10.1 Å². The number of rotatable bonds is 6. The van der Waals surface area contributed by atoms with E-state index in [1.807, 2.05) is 74.5 Å². The van der Waals surface area contributed by atoms with Gasteiger partial charge in [0.05, 0.1) is 10.6 Å². The number of benzene rings is 3. The molecule has 33 heavy (non-hydrogen) atoms. The summed E-state index contributed by atoms with van der Waals surface area (Å²) in [7, 11) is 0. The predicted octanol–water partition coefficient (Wildman–Crippen LogP) is 5.73. The second kappa shape index (κ2) is 10.0. The molecule has 4 rings (SSSR count). The van der Waals surface area contributed by atoms with Gasteiger partial charge in [-0.2, -0.15) is 0 Å². The van der Waals surface area contributed by atoms with Gasteiger partial charge in [0.25, 0.3) is 11.8 Å². The van der Waals surface area contributed by atoms with Crippen molar-refractivity contribution in [3.63, 3.8) is 0 Å². The summed E-state index contributed by atoms with van der Waals surface area (Å²) in [5, 5.41) is 2.84. The second-order valence-electron chi connectivity index (χ2n) is 7.56. The van der Waals surface area contributed by atoms with E-state index in [0.717, 1.165) is 22.5 Å². The van der Waals surface area contributed by atoms with Crippen LogP contribution in [0.5, 0.6) is 5.75 Å². The normalized spacial score (nSPS) is 14.6. The van der Waals surface area contributed by atoms with E-state index in [1.165, 1.54) is 22.2 Å². The third kappa shape index (κ3) is 5.50. The Morgan fingerprint density at radius 3 is 2.45 bits per heavy atom. The van der Waals surface area contributed by atoms with Crippen LogP contribution in [0.2, 0.25) is 0 Å². The van der Waals surface area contributed by atoms with Crippen LogP contribution in [-0.2, 0) is 9.59 Å². The number of thioether (sulfide) groups is 1. The number of carbonyl (C=O) groups is 2. The van der Waals surface area contributed by atoms with E-state index >= 15 is 0 Å². The maximum absolute atomic E-state index is 12.8. The third-order valence-electron chi connectivity index (χ3n) is 5.15. The molecule has 0 radical (unpaired) electrons. The van der Waals surface area contributed by atoms with Gasteiger partial charge in [0, 0.05) is 5.69 Å². The molecule has 0 bridgehead atoms. The fraction of sp³-hybridized carbons (Fsp3) is 0.115. The third-order valence-corrected chi connectivity index (χ3v) is 6.45. The zero-order chi connectivity index (χ0) is 23.4. The van der Waals surface area contributed by atoms with Gasteiger partial charge in [0.2, 0.25) is 0 Å². The lowest BCUT2D eigenvalue weighted by molar-refractivity contribution is -0.118. The van der Waals surface area contributed by atoms with Crippen molar-refractivity contribution in [3.05, 3.63) is 94.4 Å². The number of amides is 2. The van der Waals surface area contributed by atoms with Gasteiger partial charge in [-0.15, -0.1) is 0 Å². The van der Waals surface area contributed by atoms with Crippen LogP contribution in [-0.4, -0.2) is 22.7 Å². The molecule has 3 aromatic rings.